The molecule has 1 fully saturated rings. The van der Waals surface area contributed by atoms with Crippen LogP contribution in [0.25, 0.3) is 0 Å². The maximum Gasteiger partial charge on any atom is 0.355 e. The van der Waals surface area contributed by atoms with Crippen molar-refractivity contribution in [3.05, 3.63) is 17.7 Å². The van der Waals surface area contributed by atoms with Gasteiger partial charge in [-0.3, -0.25) is 0 Å². The molecular weight excluding hydrogens is 313 g/mol. The molecule has 21 heavy (non-hydrogen) atoms. The van der Waals surface area contributed by atoms with Crippen LogP contribution in [0.1, 0.15) is 30.3 Å². The summed E-state index contributed by atoms with van der Waals surface area (Å²) < 4.78 is 66.6. The van der Waals surface area contributed by atoms with Gasteiger partial charge in [-0.2, -0.15) is 0 Å². The smallest absolute Gasteiger partial charge is 0.355 e. The van der Waals surface area contributed by atoms with Crippen LogP contribution in [0.2, 0.25) is 0 Å². The molecule has 1 aromatic heterocycles. The van der Waals surface area contributed by atoms with Crippen LogP contribution in [0.3, 0.4) is 0 Å². The van der Waals surface area contributed by atoms with Gasteiger partial charge in [0.1, 0.15) is 4.90 Å². The van der Waals surface area contributed by atoms with Gasteiger partial charge in [0, 0.05) is 31.6 Å². The van der Waals surface area contributed by atoms with Crippen molar-refractivity contribution in [1.29, 1.82) is 0 Å². The number of nitrogens with one attached hydrogen (secondary N) is 1. The lowest BCUT2D eigenvalue weighted by Gasteiger charge is -2.44. The number of rotatable bonds is 4. The van der Waals surface area contributed by atoms with Crippen molar-refractivity contribution in [3.8, 4) is 0 Å². The quantitative estimate of drug-likeness (QED) is 0.874. The Morgan fingerprint density at radius 3 is 2.33 bits per heavy atom. The van der Waals surface area contributed by atoms with Gasteiger partial charge in [-0.1, -0.05) is 0 Å². The molecule has 0 aromatic carbocycles. The molecule has 0 aliphatic heterocycles. The van der Waals surface area contributed by atoms with E-state index in [1.807, 2.05) is 4.72 Å². The molecule has 0 spiro atoms. The number of hydrogen-bond donors (Lipinski definition) is 2. The number of sulfonamides is 1. The molecule has 0 saturated heterocycles. The average Bonchev–Trinajstić information content (AvgIpc) is 2.49. The summed E-state index contributed by atoms with van der Waals surface area (Å²) in [5, 5.41) is 8.81. The number of carbonyl (C=O) groups is 1. The maximum atomic E-state index is 13.9. The summed E-state index contributed by atoms with van der Waals surface area (Å²) in [5.41, 5.74) is -2.20. The Balaban J connectivity index is 2.34. The molecule has 2 N–H and O–H groups in total. The van der Waals surface area contributed by atoms with E-state index in [2.05, 4.69) is 0 Å². The summed E-state index contributed by atoms with van der Waals surface area (Å²) in [6, 6.07) is 0. The Morgan fingerprint density at radius 2 is 1.95 bits per heavy atom. The minimum absolute atomic E-state index is 0.695. The normalized spacial score (nSPS) is 20.0. The monoisotopic (exact) mass is 326 g/mol. The number of nitrogens with zero attached hydrogens (tertiary/aromatic N) is 1. The number of hydrogen-bond acceptors (Lipinski definition) is 3. The minimum atomic E-state index is -4.44. The Kier molecular flexibility index (Phi) is 3.37. The molecule has 1 aliphatic rings. The number of alkyl halides is 2. The lowest BCUT2D eigenvalue weighted by Crippen LogP contribution is -2.60. The van der Waals surface area contributed by atoms with Crippen molar-refractivity contribution in [3.63, 3.8) is 0 Å². The molecule has 0 unspecified atom stereocenters. The Morgan fingerprint density at radius 1 is 1.43 bits per heavy atom. The Hall–Kier alpha value is -1.55. The van der Waals surface area contributed by atoms with Crippen molar-refractivity contribution < 1.29 is 31.5 Å². The van der Waals surface area contributed by atoms with Crippen LogP contribution in [-0.2, 0) is 17.1 Å². The summed E-state index contributed by atoms with van der Waals surface area (Å²) in [6.45, 7) is 1.28. The molecule has 0 bridgehead atoms. The van der Waals surface area contributed by atoms with Crippen LogP contribution in [-0.4, -0.2) is 35.5 Å². The SMILES string of the molecule is Cn1cc(S(=O)(=O)NC2(C)CC(F)(F)C2)c(F)c1C(=O)O. The molecule has 6 nitrogen and oxygen atoms in total. The summed E-state index contributed by atoms with van der Waals surface area (Å²) in [5.74, 6) is -6.01. The lowest BCUT2D eigenvalue weighted by molar-refractivity contribution is -0.121. The number of carboxylic acid groups (broad SMARTS) is 1. The van der Waals surface area contributed by atoms with E-state index < -0.39 is 56.7 Å². The van der Waals surface area contributed by atoms with E-state index in [0.717, 1.165) is 10.8 Å². The Labute approximate surface area is 118 Å². The lowest BCUT2D eigenvalue weighted by atomic mass is 9.76. The first kappa shape index (κ1) is 15.8. The van der Waals surface area contributed by atoms with Crippen LogP contribution in [0.15, 0.2) is 11.1 Å². The van der Waals surface area contributed by atoms with E-state index in [1.165, 1.54) is 14.0 Å². The van der Waals surface area contributed by atoms with Crippen LogP contribution >= 0.6 is 0 Å². The third-order valence-electron chi connectivity index (χ3n) is 3.26. The van der Waals surface area contributed by atoms with Gasteiger partial charge < -0.3 is 9.67 Å². The molecule has 0 radical (unpaired) electrons. The molecule has 118 valence electrons. The predicted octanol–water partition coefficient (Wildman–Crippen LogP) is 1.33. The number of aromatic nitrogens is 1. The van der Waals surface area contributed by atoms with Gasteiger partial charge in [0.15, 0.2) is 11.5 Å². The number of carboxylic acids is 1. The van der Waals surface area contributed by atoms with Gasteiger partial charge >= 0.3 is 5.97 Å². The zero-order chi connectivity index (χ0) is 16.2. The molecule has 0 atom stereocenters. The molecule has 2 rings (SSSR count). The van der Waals surface area contributed by atoms with Gasteiger partial charge in [0.25, 0.3) is 5.92 Å². The highest BCUT2D eigenvalue weighted by molar-refractivity contribution is 7.89. The highest BCUT2D eigenvalue weighted by atomic mass is 32.2. The third-order valence-corrected chi connectivity index (χ3v) is 4.88. The van der Waals surface area contributed by atoms with Gasteiger partial charge in [0.05, 0.1) is 0 Å². The zero-order valence-electron chi connectivity index (χ0n) is 11.2. The molecule has 0 amide bonds. The fourth-order valence-corrected chi connectivity index (χ4v) is 4.07. The fourth-order valence-electron chi connectivity index (χ4n) is 2.54. The van der Waals surface area contributed by atoms with Crippen LogP contribution in [0.4, 0.5) is 13.2 Å². The molecule has 1 aromatic rings. The number of halogens is 3. The summed E-state index contributed by atoms with van der Waals surface area (Å²) in [4.78, 5) is 9.97. The van der Waals surface area contributed by atoms with Gasteiger partial charge in [0.2, 0.25) is 10.0 Å². The Bertz CT molecular complexity index is 703. The van der Waals surface area contributed by atoms with Crippen molar-refractivity contribution in [1.82, 2.24) is 9.29 Å². The molecule has 1 saturated carbocycles. The highest BCUT2D eigenvalue weighted by Gasteiger charge is 2.55. The molecular formula is C11H13F3N2O4S. The molecule has 1 aliphatic carbocycles. The predicted molar refractivity (Wildman–Crippen MR) is 65.2 cm³/mol. The van der Waals surface area contributed by atoms with Gasteiger partial charge in [-0.05, 0) is 6.92 Å². The summed E-state index contributed by atoms with van der Waals surface area (Å²) in [7, 11) is -3.27. The van der Waals surface area contributed by atoms with E-state index in [1.54, 1.807) is 0 Å². The van der Waals surface area contributed by atoms with E-state index in [4.69, 9.17) is 5.11 Å². The van der Waals surface area contributed by atoms with E-state index in [-0.39, 0.29) is 0 Å². The summed E-state index contributed by atoms with van der Waals surface area (Å²) in [6.07, 6.45) is -0.597. The second-order valence-electron chi connectivity index (χ2n) is 5.45. The molecule has 10 heteroatoms. The maximum absolute atomic E-state index is 13.9. The standard InChI is InChI=1S/C11H13F3N2O4S/c1-10(4-11(13,14)5-10)15-21(19,20)6-3-16(2)8(7(6)12)9(17)18/h3,15H,4-5H2,1-2H3,(H,17,18). The highest BCUT2D eigenvalue weighted by Crippen LogP contribution is 2.46. The topological polar surface area (TPSA) is 88.4 Å². The average molecular weight is 326 g/mol. The van der Waals surface area contributed by atoms with E-state index in [9.17, 15) is 26.4 Å². The van der Waals surface area contributed by atoms with E-state index >= 15 is 0 Å². The van der Waals surface area contributed by atoms with Crippen molar-refractivity contribution >= 4 is 16.0 Å². The molecule has 1 heterocycles. The van der Waals surface area contributed by atoms with Crippen LogP contribution in [0.5, 0.6) is 0 Å². The number of aryl methyl sites for hydroxylation is 1. The van der Waals surface area contributed by atoms with Gasteiger partial charge in [-0.15, -0.1) is 0 Å². The van der Waals surface area contributed by atoms with Crippen molar-refractivity contribution in [2.24, 2.45) is 7.05 Å². The van der Waals surface area contributed by atoms with Crippen LogP contribution < -0.4 is 4.72 Å². The second kappa shape index (κ2) is 4.47. The zero-order valence-corrected chi connectivity index (χ0v) is 12.0. The van der Waals surface area contributed by atoms with Crippen molar-refractivity contribution in [2.75, 3.05) is 0 Å². The number of aromatic carboxylic acids is 1. The largest absolute Gasteiger partial charge is 0.476 e. The first-order valence-corrected chi connectivity index (χ1v) is 7.35. The summed E-state index contributed by atoms with van der Waals surface area (Å²) >= 11 is 0. The van der Waals surface area contributed by atoms with Crippen molar-refractivity contribution in [2.45, 2.75) is 36.1 Å². The minimum Gasteiger partial charge on any atom is -0.476 e. The third kappa shape index (κ3) is 2.77. The fraction of sp³-hybridized carbons (Fsp3) is 0.545. The van der Waals surface area contributed by atoms with Gasteiger partial charge in [-0.25, -0.2) is 31.1 Å². The second-order valence-corrected chi connectivity index (χ2v) is 7.10. The first-order chi connectivity index (χ1) is 9.37. The van der Waals surface area contributed by atoms with E-state index in [0.29, 0.717) is 0 Å². The van der Waals surface area contributed by atoms with Crippen LogP contribution in [0, 0.1) is 5.82 Å². The first-order valence-electron chi connectivity index (χ1n) is 5.87.